The van der Waals surface area contributed by atoms with Crippen LogP contribution in [0.1, 0.15) is 67.2 Å². The van der Waals surface area contributed by atoms with Crippen molar-refractivity contribution in [3.63, 3.8) is 0 Å². The number of ketones is 1. The number of Topliss-reactive ketones (excluding diaryl/α,β-unsaturated/α-hetero) is 1. The number of rotatable bonds is 8. The third kappa shape index (κ3) is 5.30. The summed E-state index contributed by atoms with van der Waals surface area (Å²) in [5.41, 5.74) is -1.18. The molecule has 0 bridgehead atoms. The number of aliphatic hydroxyl groups is 2. The fraction of sp³-hybridized carbons (Fsp3) is 0.719. The Morgan fingerprint density at radius 2 is 1.83 bits per heavy atom. The van der Waals surface area contributed by atoms with Gasteiger partial charge in [-0.1, -0.05) is 6.92 Å². The van der Waals surface area contributed by atoms with Gasteiger partial charge >= 0.3 is 11.9 Å². The second-order valence-electron chi connectivity index (χ2n) is 13.9. The van der Waals surface area contributed by atoms with E-state index in [1.54, 1.807) is 6.20 Å². The number of methoxy groups -OCH3 is 1. The second-order valence-corrected chi connectivity index (χ2v) is 13.9. The molecule has 10 nitrogen and oxygen atoms in total. The van der Waals surface area contributed by atoms with E-state index in [4.69, 9.17) is 14.2 Å². The lowest BCUT2D eigenvalue weighted by molar-refractivity contribution is -0.161. The van der Waals surface area contributed by atoms with Crippen LogP contribution in [0, 0.1) is 16.7 Å². The second kappa shape index (κ2) is 11.4. The smallest absolute Gasteiger partial charge is 0.340 e. The Balaban J connectivity index is 1.96. The molecular weight excluding hydrogens is 540 g/mol. The highest BCUT2D eigenvalue weighted by Crippen LogP contribution is 2.63. The SMILES string of the molecule is COCC1OC(=O)C(=CN(CCCN(C)C)C(C)(C)C)C2=C(O)C(=O)C3=C(C(OC(C)=O)CC4(C)C(O)CCC34)C21C. The number of esters is 2. The van der Waals surface area contributed by atoms with Crippen molar-refractivity contribution in [3.8, 4) is 0 Å². The Kier molecular flexibility index (Phi) is 8.77. The molecule has 234 valence electrons. The zero-order valence-corrected chi connectivity index (χ0v) is 26.6. The Morgan fingerprint density at radius 3 is 2.40 bits per heavy atom. The largest absolute Gasteiger partial charge is 0.504 e. The number of hydrogen-bond acceptors (Lipinski definition) is 10. The number of fused-ring (bicyclic) bond motifs is 4. The van der Waals surface area contributed by atoms with Crippen LogP contribution < -0.4 is 0 Å². The van der Waals surface area contributed by atoms with Crippen LogP contribution in [-0.4, -0.2) is 102 Å². The molecule has 1 saturated carbocycles. The third-order valence-electron chi connectivity index (χ3n) is 9.81. The van der Waals surface area contributed by atoms with Gasteiger partial charge in [0.05, 0.1) is 23.7 Å². The van der Waals surface area contributed by atoms with Crippen molar-refractivity contribution in [2.24, 2.45) is 16.7 Å². The lowest BCUT2D eigenvalue weighted by Gasteiger charge is -2.54. The van der Waals surface area contributed by atoms with Crippen molar-refractivity contribution in [2.75, 3.05) is 40.9 Å². The molecule has 4 rings (SSSR count). The molecule has 0 spiro atoms. The van der Waals surface area contributed by atoms with Crippen molar-refractivity contribution in [1.82, 2.24) is 9.80 Å². The maximum Gasteiger partial charge on any atom is 0.340 e. The molecular formula is C32H48N2O8. The van der Waals surface area contributed by atoms with Gasteiger partial charge in [-0.05, 0) is 85.5 Å². The Morgan fingerprint density at radius 1 is 1.17 bits per heavy atom. The average molecular weight is 589 g/mol. The van der Waals surface area contributed by atoms with Gasteiger partial charge in [0.25, 0.3) is 0 Å². The van der Waals surface area contributed by atoms with Crippen molar-refractivity contribution in [2.45, 2.75) is 91.1 Å². The summed E-state index contributed by atoms with van der Waals surface area (Å²) in [4.78, 5) is 44.4. The number of ether oxygens (including phenoxy) is 3. The molecule has 1 heterocycles. The molecule has 0 aromatic heterocycles. The van der Waals surface area contributed by atoms with E-state index in [9.17, 15) is 24.6 Å². The molecule has 4 aliphatic rings. The van der Waals surface area contributed by atoms with E-state index >= 15 is 0 Å². The minimum Gasteiger partial charge on any atom is -0.504 e. The number of nitrogens with zero attached hydrogens (tertiary/aromatic N) is 2. The standard InChI is InChI=1S/C32H48N2O8/c1-18(35)41-21-15-31(5)20(11-12-22(31)36)24-26(21)32(6)23(17-40-9)42-29(39)19(25(32)28(38)27(24)37)16-34(30(2,3)4)14-10-13-33(7)8/h16,20-23,36,38H,10-15,17H2,1-9H3. The number of aliphatic hydroxyl groups excluding tert-OH is 2. The first kappa shape index (κ1) is 32.2. The van der Waals surface area contributed by atoms with Gasteiger partial charge in [0.1, 0.15) is 12.2 Å². The molecule has 0 amide bonds. The molecule has 0 aromatic carbocycles. The molecule has 2 fully saturated rings. The lowest BCUT2D eigenvalue weighted by Crippen LogP contribution is -2.57. The van der Waals surface area contributed by atoms with Crippen LogP contribution in [0.3, 0.4) is 0 Å². The van der Waals surface area contributed by atoms with Gasteiger partial charge in [-0.2, -0.15) is 0 Å². The number of carbonyl (C=O) groups excluding carboxylic acids is 3. The Bertz CT molecular complexity index is 1230. The van der Waals surface area contributed by atoms with E-state index in [1.165, 1.54) is 14.0 Å². The molecule has 6 unspecified atom stereocenters. The van der Waals surface area contributed by atoms with E-state index in [0.717, 1.165) is 13.0 Å². The molecule has 1 aliphatic heterocycles. The zero-order chi connectivity index (χ0) is 31.4. The maximum absolute atomic E-state index is 14.2. The molecule has 0 radical (unpaired) electrons. The summed E-state index contributed by atoms with van der Waals surface area (Å²) in [5.74, 6) is -2.63. The predicted molar refractivity (Wildman–Crippen MR) is 156 cm³/mol. The molecule has 0 aromatic rings. The molecule has 2 N–H and O–H groups in total. The van der Waals surface area contributed by atoms with Crippen molar-refractivity contribution >= 4 is 17.7 Å². The molecule has 1 saturated heterocycles. The van der Waals surface area contributed by atoms with Gasteiger partial charge < -0.3 is 34.2 Å². The minimum atomic E-state index is -1.23. The van der Waals surface area contributed by atoms with Gasteiger partial charge in [-0.3, -0.25) is 9.59 Å². The highest BCUT2D eigenvalue weighted by molar-refractivity contribution is 6.13. The zero-order valence-electron chi connectivity index (χ0n) is 26.6. The van der Waals surface area contributed by atoms with Gasteiger partial charge in [-0.25, -0.2) is 4.79 Å². The van der Waals surface area contributed by atoms with Gasteiger partial charge in [0, 0.05) is 48.9 Å². The number of carbonyl (C=O) groups is 3. The number of cyclic esters (lactones) is 1. The normalized spacial score (nSPS) is 33.9. The fourth-order valence-electron chi connectivity index (χ4n) is 7.58. The van der Waals surface area contributed by atoms with E-state index < -0.39 is 52.6 Å². The van der Waals surface area contributed by atoms with Gasteiger partial charge in [-0.15, -0.1) is 0 Å². The maximum atomic E-state index is 14.2. The monoisotopic (exact) mass is 588 g/mol. The van der Waals surface area contributed by atoms with Crippen molar-refractivity contribution in [1.29, 1.82) is 0 Å². The summed E-state index contributed by atoms with van der Waals surface area (Å²) in [6.07, 6.45) is 1.42. The first-order valence-electron chi connectivity index (χ1n) is 14.9. The summed E-state index contributed by atoms with van der Waals surface area (Å²) in [7, 11) is 5.50. The van der Waals surface area contributed by atoms with Gasteiger partial charge in [0.2, 0.25) is 5.78 Å². The van der Waals surface area contributed by atoms with E-state index in [0.29, 0.717) is 37.0 Å². The fourth-order valence-corrected chi connectivity index (χ4v) is 7.58. The summed E-state index contributed by atoms with van der Waals surface area (Å²) < 4.78 is 17.5. The van der Waals surface area contributed by atoms with Crippen LogP contribution >= 0.6 is 0 Å². The summed E-state index contributed by atoms with van der Waals surface area (Å²) in [6, 6.07) is 0. The van der Waals surface area contributed by atoms with Crippen LogP contribution in [0.15, 0.2) is 34.3 Å². The molecule has 10 heteroatoms. The Labute approximate surface area is 249 Å². The van der Waals surface area contributed by atoms with Crippen LogP contribution in [0.25, 0.3) is 0 Å². The topological polar surface area (TPSA) is 126 Å². The predicted octanol–water partition coefficient (Wildman–Crippen LogP) is 3.30. The first-order chi connectivity index (χ1) is 19.5. The van der Waals surface area contributed by atoms with Crippen LogP contribution in [0.4, 0.5) is 0 Å². The number of allylic oxidation sites excluding steroid dienone is 1. The minimum absolute atomic E-state index is 0.000438. The summed E-state index contributed by atoms with van der Waals surface area (Å²) in [5, 5.41) is 22.8. The molecule has 6 atom stereocenters. The van der Waals surface area contributed by atoms with Crippen molar-refractivity contribution < 1.29 is 38.8 Å². The highest BCUT2D eigenvalue weighted by Gasteiger charge is 2.64. The Hall–Kier alpha value is -2.69. The molecule has 42 heavy (non-hydrogen) atoms. The van der Waals surface area contributed by atoms with E-state index in [-0.39, 0.29) is 29.2 Å². The highest BCUT2D eigenvalue weighted by atomic mass is 16.6. The van der Waals surface area contributed by atoms with Crippen LogP contribution in [0.2, 0.25) is 0 Å². The lowest BCUT2D eigenvalue weighted by atomic mass is 9.53. The first-order valence-corrected chi connectivity index (χ1v) is 14.9. The summed E-state index contributed by atoms with van der Waals surface area (Å²) in [6.45, 7) is 12.6. The van der Waals surface area contributed by atoms with Crippen LogP contribution in [0.5, 0.6) is 0 Å². The van der Waals surface area contributed by atoms with Crippen LogP contribution in [-0.2, 0) is 28.6 Å². The van der Waals surface area contributed by atoms with Gasteiger partial charge in [0.15, 0.2) is 5.76 Å². The molecule has 3 aliphatic carbocycles. The van der Waals surface area contributed by atoms with Crippen molar-refractivity contribution in [3.05, 3.63) is 34.3 Å². The third-order valence-corrected chi connectivity index (χ3v) is 9.81. The average Bonchev–Trinajstić information content (AvgIpc) is 3.16. The quantitative estimate of drug-likeness (QED) is 0.322. The number of hydrogen-bond donors (Lipinski definition) is 2. The van der Waals surface area contributed by atoms with E-state index in [2.05, 4.69) is 4.90 Å². The summed E-state index contributed by atoms with van der Waals surface area (Å²) >= 11 is 0. The van der Waals surface area contributed by atoms with E-state index in [1.807, 2.05) is 53.6 Å².